The monoisotopic (exact) mass is 432 g/mol. The van der Waals surface area contributed by atoms with E-state index in [9.17, 15) is 4.79 Å². The van der Waals surface area contributed by atoms with Crippen LogP contribution >= 0.6 is 22.9 Å². The fourth-order valence-corrected chi connectivity index (χ4v) is 4.60. The van der Waals surface area contributed by atoms with Crippen LogP contribution in [0.5, 0.6) is 11.5 Å². The number of ether oxygens (including phenoxy) is 2. The van der Waals surface area contributed by atoms with Crippen LogP contribution in [-0.2, 0) is 4.79 Å². The number of rotatable bonds is 5. The molecule has 1 fully saturated rings. The summed E-state index contributed by atoms with van der Waals surface area (Å²) in [5.41, 5.74) is 1.51. The zero-order chi connectivity index (χ0) is 20.4. The van der Waals surface area contributed by atoms with E-state index in [0.717, 1.165) is 35.4 Å². The van der Waals surface area contributed by atoms with E-state index in [1.54, 1.807) is 43.8 Å². The van der Waals surface area contributed by atoms with Crippen LogP contribution in [0.2, 0.25) is 5.28 Å². The molecule has 3 aromatic rings. The van der Waals surface area contributed by atoms with Gasteiger partial charge in [0.05, 0.1) is 30.4 Å². The van der Waals surface area contributed by atoms with Gasteiger partial charge in [-0.05, 0) is 48.0 Å². The van der Waals surface area contributed by atoms with Crippen molar-refractivity contribution in [1.82, 2.24) is 9.97 Å². The number of nitrogens with one attached hydrogen (secondary N) is 1. The number of halogens is 1. The standard InChI is InChI=1S/C20H21ClN4O3S/c1-27-15-6-5-13(10-16(15)28-2)22-19(26)12-4-3-8-25(11-12)18-17-14(7-9-29-17)23-20(21)24-18/h5-7,9-10,12H,3-4,8,11H2,1-2H3,(H,22,26). The second kappa shape index (κ2) is 8.42. The second-order valence-electron chi connectivity index (χ2n) is 6.80. The summed E-state index contributed by atoms with van der Waals surface area (Å²) in [4.78, 5) is 23.8. The second-order valence-corrected chi connectivity index (χ2v) is 8.05. The number of carbonyl (C=O) groups excluding carboxylic acids is 1. The highest BCUT2D eigenvalue weighted by atomic mass is 35.5. The summed E-state index contributed by atoms with van der Waals surface area (Å²) in [6.45, 7) is 1.42. The number of hydrogen-bond acceptors (Lipinski definition) is 7. The molecule has 2 aromatic heterocycles. The van der Waals surface area contributed by atoms with Gasteiger partial charge in [0.15, 0.2) is 17.3 Å². The van der Waals surface area contributed by atoms with Gasteiger partial charge in [-0.3, -0.25) is 4.79 Å². The molecule has 152 valence electrons. The van der Waals surface area contributed by atoms with Crippen molar-refractivity contribution in [2.75, 3.05) is 37.5 Å². The molecule has 0 aliphatic carbocycles. The molecular weight excluding hydrogens is 412 g/mol. The van der Waals surface area contributed by atoms with E-state index in [1.807, 2.05) is 11.4 Å². The van der Waals surface area contributed by atoms with E-state index in [0.29, 0.717) is 23.7 Å². The van der Waals surface area contributed by atoms with E-state index < -0.39 is 0 Å². The summed E-state index contributed by atoms with van der Waals surface area (Å²) in [5.74, 6) is 1.82. The number of carbonyl (C=O) groups is 1. The van der Waals surface area contributed by atoms with Gasteiger partial charge in [0.1, 0.15) is 0 Å². The SMILES string of the molecule is COc1ccc(NC(=O)C2CCCN(c3nc(Cl)nc4ccsc34)C2)cc1OC. The van der Waals surface area contributed by atoms with E-state index in [1.165, 1.54) is 0 Å². The molecule has 1 atom stereocenters. The zero-order valence-electron chi connectivity index (χ0n) is 16.1. The van der Waals surface area contributed by atoms with Crippen LogP contribution in [0, 0.1) is 5.92 Å². The number of piperidine rings is 1. The normalized spacial score (nSPS) is 16.7. The number of methoxy groups -OCH3 is 2. The number of nitrogens with zero attached hydrogens (tertiary/aromatic N) is 3. The summed E-state index contributed by atoms with van der Waals surface area (Å²) < 4.78 is 11.6. The number of amides is 1. The lowest BCUT2D eigenvalue weighted by Gasteiger charge is -2.33. The number of hydrogen-bond donors (Lipinski definition) is 1. The molecule has 1 saturated heterocycles. The van der Waals surface area contributed by atoms with Gasteiger partial charge in [-0.2, -0.15) is 4.98 Å². The van der Waals surface area contributed by atoms with Crippen LogP contribution in [0.25, 0.3) is 10.2 Å². The molecule has 1 unspecified atom stereocenters. The number of aromatic nitrogens is 2. The third-order valence-electron chi connectivity index (χ3n) is 5.00. The van der Waals surface area contributed by atoms with E-state index >= 15 is 0 Å². The summed E-state index contributed by atoms with van der Waals surface area (Å²) in [7, 11) is 3.15. The Labute approximate surface area is 177 Å². The van der Waals surface area contributed by atoms with Gasteiger partial charge in [0, 0.05) is 24.8 Å². The smallest absolute Gasteiger partial charge is 0.229 e. The van der Waals surface area contributed by atoms with Crippen molar-refractivity contribution in [1.29, 1.82) is 0 Å². The predicted molar refractivity (Wildman–Crippen MR) is 116 cm³/mol. The van der Waals surface area contributed by atoms with Crippen LogP contribution in [-0.4, -0.2) is 43.2 Å². The highest BCUT2D eigenvalue weighted by Gasteiger charge is 2.28. The third-order valence-corrected chi connectivity index (χ3v) is 6.07. The van der Waals surface area contributed by atoms with Crippen LogP contribution < -0.4 is 19.7 Å². The van der Waals surface area contributed by atoms with E-state index in [-0.39, 0.29) is 17.1 Å². The first kappa shape index (κ1) is 19.7. The molecule has 0 saturated carbocycles. The van der Waals surface area contributed by atoms with E-state index in [2.05, 4.69) is 20.2 Å². The van der Waals surface area contributed by atoms with E-state index in [4.69, 9.17) is 21.1 Å². The van der Waals surface area contributed by atoms with Crippen LogP contribution in [0.3, 0.4) is 0 Å². The highest BCUT2D eigenvalue weighted by molar-refractivity contribution is 7.17. The van der Waals surface area contributed by atoms with Gasteiger partial charge < -0.3 is 19.7 Å². The Kier molecular flexibility index (Phi) is 5.73. The molecular formula is C20H21ClN4O3S. The lowest BCUT2D eigenvalue weighted by atomic mass is 9.97. The van der Waals surface area contributed by atoms with Gasteiger partial charge >= 0.3 is 0 Å². The molecule has 3 heterocycles. The quantitative estimate of drug-likeness (QED) is 0.608. The maximum atomic E-state index is 12.9. The van der Waals surface area contributed by atoms with Crippen molar-refractivity contribution in [2.24, 2.45) is 5.92 Å². The topological polar surface area (TPSA) is 76.6 Å². The maximum absolute atomic E-state index is 12.9. The van der Waals surface area contributed by atoms with Crippen molar-refractivity contribution in [2.45, 2.75) is 12.8 Å². The third kappa shape index (κ3) is 4.09. The largest absolute Gasteiger partial charge is 0.493 e. The molecule has 1 aromatic carbocycles. The minimum Gasteiger partial charge on any atom is -0.493 e. The Morgan fingerprint density at radius 3 is 2.86 bits per heavy atom. The van der Waals surface area contributed by atoms with Crippen molar-refractivity contribution < 1.29 is 14.3 Å². The predicted octanol–water partition coefficient (Wildman–Crippen LogP) is 4.22. The molecule has 0 spiro atoms. The van der Waals surface area contributed by atoms with Crippen molar-refractivity contribution >= 4 is 50.6 Å². The van der Waals surface area contributed by atoms with Crippen LogP contribution in [0.1, 0.15) is 12.8 Å². The lowest BCUT2D eigenvalue weighted by Crippen LogP contribution is -2.41. The Bertz CT molecular complexity index is 1040. The molecule has 1 aliphatic heterocycles. The van der Waals surface area contributed by atoms with Crippen molar-refractivity contribution in [3.05, 3.63) is 34.9 Å². The summed E-state index contributed by atoms with van der Waals surface area (Å²) in [5, 5.41) is 5.20. The van der Waals surface area contributed by atoms with Gasteiger partial charge in [-0.25, -0.2) is 4.98 Å². The minimum absolute atomic E-state index is 0.0236. The first-order chi connectivity index (χ1) is 14.1. The molecule has 9 heteroatoms. The first-order valence-electron chi connectivity index (χ1n) is 9.27. The molecule has 7 nitrogen and oxygen atoms in total. The number of anilines is 2. The molecule has 1 amide bonds. The van der Waals surface area contributed by atoms with Gasteiger partial charge in [0.2, 0.25) is 11.2 Å². The maximum Gasteiger partial charge on any atom is 0.229 e. The number of fused-ring (bicyclic) bond motifs is 1. The molecule has 1 N–H and O–H groups in total. The summed E-state index contributed by atoms with van der Waals surface area (Å²) in [6, 6.07) is 7.27. The Balaban J connectivity index is 1.51. The summed E-state index contributed by atoms with van der Waals surface area (Å²) >= 11 is 7.70. The van der Waals surface area contributed by atoms with Crippen LogP contribution in [0.4, 0.5) is 11.5 Å². The molecule has 1 aliphatic rings. The fraction of sp³-hybridized carbons (Fsp3) is 0.350. The van der Waals surface area contributed by atoms with Crippen molar-refractivity contribution in [3.8, 4) is 11.5 Å². The molecule has 0 radical (unpaired) electrons. The first-order valence-corrected chi connectivity index (χ1v) is 10.5. The average molecular weight is 433 g/mol. The lowest BCUT2D eigenvalue weighted by molar-refractivity contribution is -0.120. The Hall–Kier alpha value is -2.58. The minimum atomic E-state index is -0.152. The fourth-order valence-electron chi connectivity index (χ4n) is 3.58. The van der Waals surface area contributed by atoms with Crippen molar-refractivity contribution in [3.63, 3.8) is 0 Å². The molecule has 29 heavy (non-hydrogen) atoms. The molecule has 0 bridgehead atoms. The molecule has 4 rings (SSSR count). The van der Waals surface area contributed by atoms with Gasteiger partial charge in [-0.15, -0.1) is 11.3 Å². The van der Waals surface area contributed by atoms with Crippen LogP contribution in [0.15, 0.2) is 29.6 Å². The number of thiophene rings is 1. The van der Waals surface area contributed by atoms with Gasteiger partial charge in [-0.1, -0.05) is 0 Å². The highest BCUT2D eigenvalue weighted by Crippen LogP contribution is 2.33. The Morgan fingerprint density at radius 1 is 1.24 bits per heavy atom. The average Bonchev–Trinajstić information content (AvgIpc) is 3.21. The number of benzene rings is 1. The Morgan fingerprint density at radius 2 is 2.07 bits per heavy atom. The van der Waals surface area contributed by atoms with Gasteiger partial charge in [0.25, 0.3) is 0 Å². The zero-order valence-corrected chi connectivity index (χ0v) is 17.7. The summed E-state index contributed by atoms with van der Waals surface area (Å²) in [6.07, 6.45) is 1.72.